The summed E-state index contributed by atoms with van der Waals surface area (Å²) in [5.41, 5.74) is 7.84. The van der Waals surface area contributed by atoms with Gasteiger partial charge in [-0.05, 0) is 18.1 Å². The predicted octanol–water partition coefficient (Wildman–Crippen LogP) is 2.19. The zero-order valence-corrected chi connectivity index (χ0v) is 9.61. The number of amidine groups is 1. The molecule has 88 valence electrons. The van der Waals surface area contributed by atoms with Gasteiger partial charge in [-0.1, -0.05) is 36.7 Å². The summed E-state index contributed by atoms with van der Waals surface area (Å²) in [6.07, 6.45) is 2.72. The summed E-state index contributed by atoms with van der Waals surface area (Å²) >= 11 is 0. The summed E-state index contributed by atoms with van der Waals surface area (Å²) in [6, 6.07) is 8.22. The van der Waals surface area contributed by atoms with Crippen LogP contribution in [0.4, 0.5) is 5.69 Å². The molecule has 0 atom stereocenters. The van der Waals surface area contributed by atoms with E-state index in [1.165, 1.54) is 5.56 Å². The van der Waals surface area contributed by atoms with Crippen molar-refractivity contribution >= 4 is 11.5 Å². The largest absolute Gasteiger partial charge is 0.409 e. The zero-order chi connectivity index (χ0) is 11.8. The third-order valence-corrected chi connectivity index (χ3v) is 2.36. The lowest BCUT2D eigenvalue weighted by Crippen LogP contribution is -2.17. The van der Waals surface area contributed by atoms with Crippen LogP contribution in [0.2, 0.25) is 0 Å². The Morgan fingerprint density at radius 1 is 1.44 bits per heavy atom. The molecular formula is C12H19N3O. The van der Waals surface area contributed by atoms with Crippen LogP contribution in [0.5, 0.6) is 0 Å². The lowest BCUT2D eigenvalue weighted by atomic mass is 10.1. The SMILES string of the molecule is CCCc1ccccc1NCCC(N)=NO. The van der Waals surface area contributed by atoms with Crippen molar-refractivity contribution in [1.29, 1.82) is 0 Å². The van der Waals surface area contributed by atoms with E-state index in [1.807, 2.05) is 12.1 Å². The molecule has 0 aliphatic heterocycles. The molecule has 0 spiro atoms. The monoisotopic (exact) mass is 221 g/mol. The number of para-hydroxylation sites is 1. The molecule has 1 rings (SSSR count). The number of hydrogen-bond donors (Lipinski definition) is 3. The first-order chi connectivity index (χ1) is 7.77. The standard InChI is InChI=1S/C12H19N3O/c1-2-5-10-6-3-4-7-11(10)14-9-8-12(13)15-16/h3-4,6-7,14,16H,2,5,8-9H2,1H3,(H2,13,15). The Hall–Kier alpha value is -1.71. The summed E-state index contributed by atoms with van der Waals surface area (Å²) in [5.74, 6) is 0.250. The minimum absolute atomic E-state index is 0.250. The molecule has 1 aromatic rings. The van der Waals surface area contributed by atoms with Gasteiger partial charge in [-0.25, -0.2) is 0 Å². The molecule has 0 saturated carbocycles. The second-order valence-corrected chi connectivity index (χ2v) is 3.68. The van der Waals surface area contributed by atoms with Crippen LogP contribution in [0, 0.1) is 0 Å². The highest BCUT2D eigenvalue weighted by Gasteiger charge is 2.00. The first-order valence-corrected chi connectivity index (χ1v) is 5.56. The number of oxime groups is 1. The first-order valence-electron chi connectivity index (χ1n) is 5.56. The average molecular weight is 221 g/mol. The van der Waals surface area contributed by atoms with Gasteiger partial charge in [-0.3, -0.25) is 0 Å². The fraction of sp³-hybridized carbons (Fsp3) is 0.417. The van der Waals surface area contributed by atoms with Crippen LogP contribution in [-0.4, -0.2) is 17.6 Å². The summed E-state index contributed by atoms with van der Waals surface area (Å²) in [6.45, 7) is 2.84. The summed E-state index contributed by atoms with van der Waals surface area (Å²) in [5, 5.41) is 14.6. The number of hydrogen-bond acceptors (Lipinski definition) is 3. The van der Waals surface area contributed by atoms with E-state index in [0.29, 0.717) is 13.0 Å². The molecule has 1 aromatic carbocycles. The van der Waals surface area contributed by atoms with Crippen molar-refractivity contribution in [3.63, 3.8) is 0 Å². The number of aryl methyl sites for hydroxylation is 1. The van der Waals surface area contributed by atoms with Gasteiger partial charge >= 0.3 is 0 Å². The lowest BCUT2D eigenvalue weighted by Gasteiger charge is -2.10. The van der Waals surface area contributed by atoms with Gasteiger partial charge in [-0.2, -0.15) is 0 Å². The van der Waals surface area contributed by atoms with Crippen LogP contribution in [0.25, 0.3) is 0 Å². The van der Waals surface area contributed by atoms with Crippen molar-refractivity contribution in [2.75, 3.05) is 11.9 Å². The Bertz CT molecular complexity index is 350. The highest BCUT2D eigenvalue weighted by atomic mass is 16.4. The molecule has 0 heterocycles. The molecule has 0 aromatic heterocycles. The van der Waals surface area contributed by atoms with Gasteiger partial charge in [0, 0.05) is 18.7 Å². The number of benzene rings is 1. The van der Waals surface area contributed by atoms with E-state index in [9.17, 15) is 0 Å². The quantitative estimate of drug-likeness (QED) is 0.298. The minimum atomic E-state index is 0.250. The van der Waals surface area contributed by atoms with Crippen LogP contribution >= 0.6 is 0 Å². The molecule has 0 aliphatic rings. The van der Waals surface area contributed by atoms with Crippen LogP contribution in [-0.2, 0) is 6.42 Å². The molecule has 0 bridgehead atoms. The first kappa shape index (κ1) is 12.4. The van der Waals surface area contributed by atoms with E-state index in [1.54, 1.807) is 0 Å². The maximum absolute atomic E-state index is 8.41. The molecular weight excluding hydrogens is 202 g/mol. The highest BCUT2D eigenvalue weighted by Crippen LogP contribution is 2.16. The summed E-state index contributed by atoms with van der Waals surface area (Å²) in [7, 11) is 0. The van der Waals surface area contributed by atoms with Crippen molar-refractivity contribution in [1.82, 2.24) is 0 Å². The third kappa shape index (κ3) is 3.81. The normalized spacial score (nSPS) is 11.4. The zero-order valence-electron chi connectivity index (χ0n) is 9.61. The van der Waals surface area contributed by atoms with E-state index in [0.717, 1.165) is 18.5 Å². The Kier molecular flexibility index (Phi) is 5.19. The molecule has 4 heteroatoms. The third-order valence-electron chi connectivity index (χ3n) is 2.36. The van der Waals surface area contributed by atoms with Crippen LogP contribution in [0.3, 0.4) is 0 Å². The Labute approximate surface area is 96.2 Å². The molecule has 0 radical (unpaired) electrons. The van der Waals surface area contributed by atoms with E-state index in [2.05, 4.69) is 29.5 Å². The predicted molar refractivity (Wildman–Crippen MR) is 67.0 cm³/mol. The van der Waals surface area contributed by atoms with Crippen LogP contribution < -0.4 is 11.1 Å². The van der Waals surface area contributed by atoms with E-state index < -0.39 is 0 Å². The summed E-state index contributed by atoms with van der Waals surface area (Å²) in [4.78, 5) is 0. The van der Waals surface area contributed by atoms with Crippen LogP contribution in [0.15, 0.2) is 29.4 Å². The number of nitrogens with two attached hydrogens (primary N) is 1. The van der Waals surface area contributed by atoms with Crippen molar-refractivity contribution < 1.29 is 5.21 Å². The number of anilines is 1. The van der Waals surface area contributed by atoms with Crippen molar-refractivity contribution in [2.45, 2.75) is 26.2 Å². The maximum Gasteiger partial charge on any atom is 0.140 e. The molecule has 4 nitrogen and oxygen atoms in total. The molecule has 0 unspecified atom stereocenters. The number of nitrogens with zero attached hydrogens (tertiary/aromatic N) is 1. The van der Waals surface area contributed by atoms with Crippen molar-refractivity contribution in [2.24, 2.45) is 10.9 Å². The molecule has 4 N–H and O–H groups in total. The molecule has 0 amide bonds. The second kappa shape index (κ2) is 6.71. The van der Waals surface area contributed by atoms with E-state index >= 15 is 0 Å². The van der Waals surface area contributed by atoms with Crippen LogP contribution in [0.1, 0.15) is 25.3 Å². The van der Waals surface area contributed by atoms with Gasteiger partial charge in [0.05, 0.1) is 0 Å². The van der Waals surface area contributed by atoms with Gasteiger partial charge < -0.3 is 16.3 Å². The highest BCUT2D eigenvalue weighted by molar-refractivity contribution is 5.80. The molecule has 0 aliphatic carbocycles. The lowest BCUT2D eigenvalue weighted by molar-refractivity contribution is 0.317. The van der Waals surface area contributed by atoms with Crippen molar-refractivity contribution in [3.05, 3.63) is 29.8 Å². The average Bonchev–Trinajstić information content (AvgIpc) is 2.31. The van der Waals surface area contributed by atoms with E-state index in [4.69, 9.17) is 10.9 Å². The second-order valence-electron chi connectivity index (χ2n) is 3.68. The van der Waals surface area contributed by atoms with Gasteiger partial charge in [0.1, 0.15) is 5.84 Å². The maximum atomic E-state index is 8.41. The smallest absolute Gasteiger partial charge is 0.140 e. The number of rotatable bonds is 6. The van der Waals surface area contributed by atoms with Gasteiger partial charge in [0.2, 0.25) is 0 Å². The molecule has 0 fully saturated rings. The minimum Gasteiger partial charge on any atom is -0.409 e. The van der Waals surface area contributed by atoms with Gasteiger partial charge in [-0.15, -0.1) is 0 Å². The topological polar surface area (TPSA) is 70.6 Å². The molecule has 16 heavy (non-hydrogen) atoms. The van der Waals surface area contributed by atoms with E-state index in [-0.39, 0.29) is 5.84 Å². The Balaban J connectivity index is 2.52. The summed E-state index contributed by atoms with van der Waals surface area (Å²) < 4.78 is 0. The van der Waals surface area contributed by atoms with Gasteiger partial charge in [0.25, 0.3) is 0 Å². The fourth-order valence-electron chi connectivity index (χ4n) is 1.56. The molecule has 0 saturated heterocycles. The Morgan fingerprint density at radius 3 is 2.88 bits per heavy atom. The van der Waals surface area contributed by atoms with Crippen molar-refractivity contribution in [3.8, 4) is 0 Å². The number of nitrogens with one attached hydrogen (secondary N) is 1. The van der Waals surface area contributed by atoms with Gasteiger partial charge in [0.15, 0.2) is 0 Å². The fourth-order valence-corrected chi connectivity index (χ4v) is 1.56. The Morgan fingerprint density at radius 2 is 2.19 bits per heavy atom.